The van der Waals surface area contributed by atoms with E-state index in [0.29, 0.717) is 17.5 Å². The summed E-state index contributed by atoms with van der Waals surface area (Å²) in [4.78, 5) is 9.01. The van der Waals surface area contributed by atoms with Gasteiger partial charge in [0.15, 0.2) is 5.82 Å². The Hall–Kier alpha value is -2.19. The van der Waals surface area contributed by atoms with Gasteiger partial charge in [-0.15, -0.1) is 0 Å². The summed E-state index contributed by atoms with van der Waals surface area (Å²) in [6.07, 6.45) is 5.74. The minimum atomic E-state index is -0.463. The van der Waals surface area contributed by atoms with Crippen LogP contribution in [0.2, 0.25) is 0 Å². The molecule has 0 spiro atoms. The van der Waals surface area contributed by atoms with Gasteiger partial charge in [-0.2, -0.15) is 4.98 Å². The van der Waals surface area contributed by atoms with E-state index in [9.17, 15) is 0 Å². The lowest BCUT2D eigenvalue weighted by Gasteiger charge is -2.17. The Labute approximate surface area is 149 Å². The molecule has 0 atom stereocenters. The fraction of sp³-hybridized carbons (Fsp3) is 0.412. The maximum atomic E-state index is 6.42. The molecule has 0 amide bonds. The van der Waals surface area contributed by atoms with Crippen LogP contribution >= 0.6 is 11.8 Å². The van der Waals surface area contributed by atoms with E-state index >= 15 is 0 Å². The molecule has 7 nitrogen and oxygen atoms in total. The quantitative estimate of drug-likeness (QED) is 0.692. The molecule has 8 heteroatoms. The van der Waals surface area contributed by atoms with Gasteiger partial charge in [-0.3, -0.25) is 0 Å². The number of hydrogen-bond donors (Lipinski definition) is 1. The number of pyridine rings is 1. The summed E-state index contributed by atoms with van der Waals surface area (Å²) in [5.74, 6) is 2.50. The van der Waals surface area contributed by atoms with Crippen LogP contribution in [0, 0.1) is 6.92 Å². The topological polar surface area (TPSA) is 104 Å². The van der Waals surface area contributed by atoms with Crippen LogP contribution in [0.1, 0.15) is 43.0 Å². The highest BCUT2D eigenvalue weighted by molar-refractivity contribution is 7.98. The second kappa shape index (κ2) is 6.61. The Kier molecular flexibility index (Phi) is 4.30. The molecule has 25 heavy (non-hydrogen) atoms. The zero-order valence-corrected chi connectivity index (χ0v) is 14.8. The van der Waals surface area contributed by atoms with Crippen molar-refractivity contribution >= 4 is 11.8 Å². The van der Waals surface area contributed by atoms with Crippen LogP contribution in [0.3, 0.4) is 0 Å². The minimum absolute atomic E-state index is 0.457. The first-order valence-electron chi connectivity index (χ1n) is 8.27. The fourth-order valence-electron chi connectivity index (χ4n) is 3.06. The van der Waals surface area contributed by atoms with Gasteiger partial charge >= 0.3 is 0 Å². The van der Waals surface area contributed by atoms with Crippen molar-refractivity contribution in [1.82, 2.24) is 20.3 Å². The molecule has 3 heterocycles. The van der Waals surface area contributed by atoms with Gasteiger partial charge in [-0.05, 0) is 31.9 Å². The highest BCUT2D eigenvalue weighted by atomic mass is 32.2. The fourth-order valence-corrected chi connectivity index (χ4v) is 3.93. The van der Waals surface area contributed by atoms with Crippen molar-refractivity contribution in [2.24, 2.45) is 5.73 Å². The summed E-state index contributed by atoms with van der Waals surface area (Å²) >= 11 is 1.56. The monoisotopic (exact) mass is 357 g/mol. The highest BCUT2D eigenvalue weighted by Gasteiger charge is 2.36. The number of aromatic nitrogens is 4. The van der Waals surface area contributed by atoms with E-state index in [4.69, 9.17) is 14.8 Å². The number of aryl methyl sites for hydroxylation is 1. The largest absolute Gasteiger partial charge is 0.361 e. The van der Waals surface area contributed by atoms with E-state index in [0.717, 1.165) is 47.7 Å². The minimum Gasteiger partial charge on any atom is -0.361 e. The van der Waals surface area contributed by atoms with Gasteiger partial charge in [0, 0.05) is 18.0 Å². The number of nitrogens with zero attached hydrogens (tertiary/aromatic N) is 4. The van der Waals surface area contributed by atoms with Gasteiger partial charge in [0.2, 0.25) is 0 Å². The van der Waals surface area contributed by atoms with E-state index in [1.807, 2.05) is 25.1 Å². The molecule has 1 saturated carbocycles. The molecule has 2 N–H and O–H groups in total. The van der Waals surface area contributed by atoms with E-state index in [-0.39, 0.29) is 0 Å². The van der Waals surface area contributed by atoms with Gasteiger partial charge in [-0.25, -0.2) is 4.98 Å². The molecule has 1 fully saturated rings. The predicted octanol–water partition coefficient (Wildman–Crippen LogP) is 3.45. The highest BCUT2D eigenvalue weighted by Crippen LogP contribution is 2.36. The summed E-state index contributed by atoms with van der Waals surface area (Å²) < 4.78 is 10.6. The first kappa shape index (κ1) is 16.3. The average molecular weight is 357 g/mol. The first-order chi connectivity index (χ1) is 12.1. The van der Waals surface area contributed by atoms with E-state index in [2.05, 4.69) is 20.3 Å². The van der Waals surface area contributed by atoms with Crippen molar-refractivity contribution in [1.29, 1.82) is 0 Å². The van der Waals surface area contributed by atoms with Crippen molar-refractivity contribution in [3.8, 4) is 11.5 Å². The predicted molar refractivity (Wildman–Crippen MR) is 92.7 cm³/mol. The third-order valence-electron chi connectivity index (χ3n) is 4.40. The number of rotatable bonds is 5. The molecule has 0 saturated heterocycles. The zero-order valence-electron chi connectivity index (χ0n) is 13.9. The molecule has 0 radical (unpaired) electrons. The van der Waals surface area contributed by atoms with Crippen LogP contribution in [0.4, 0.5) is 0 Å². The second-order valence-electron chi connectivity index (χ2n) is 6.36. The van der Waals surface area contributed by atoms with Gasteiger partial charge in [0.25, 0.3) is 5.89 Å². The maximum Gasteiger partial charge on any atom is 0.260 e. The lowest BCUT2D eigenvalue weighted by molar-refractivity contribution is 0.372. The smallest absolute Gasteiger partial charge is 0.260 e. The van der Waals surface area contributed by atoms with Crippen LogP contribution in [-0.4, -0.2) is 20.3 Å². The third-order valence-corrected chi connectivity index (χ3v) is 5.44. The first-order valence-corrected chi connectivity index (χ1v) is 9.26. The summed E-state index contributed by atoms with van der Waals surface area (Å²) in [7, 11) is 0. The third kappa shape index (κ3) is 3.32. The molecular formula is C17H19N5O2S. The van der Waals surface area contributed by atoms with Crippen LogP contribution in [0.15, 0.2) is 38.5 Å². The lowest BCUT2D eigenvalue weighted by atomic mass is 9.99. The van der Waals surface area contributed by atoms with Gasteiger partial charge < -0.3 is 14.8 Å². The molecule has 4 rings (SSSR count). The number of thioether (sulfide) groups is 1. The molecule has 3 aromatic rings. The Morgan fingerprint density at radius 1 is 1.24 bits per heavy atom. The van der Waals surface area contributed by atoms with Crippen molar-refractivity contribution in [2.45, 2.75) is 48.9 Å². The molecular weight excluding hydrogens is 338 g/mol. The second-order valence-corrected chi connectivity index (χ2v) is 7.32. The summed E-state index contributed by atoms with van der Waals surface area (Å²) in [5, 5.41) is 8.96. The van der Waals surface area contributed by atoms with Crippen LogP contribution in [0.5, 0.6) is 0 Å². The Bertz CT molecular complexity index is 869. The van der Waals surface area contributed by atoms with Gasteiger partial charge in [-0.1, -0.05) is 34.9 Å². The van der Waals surface area contributed by atoms with Crippen LogP contribution in [0.25, 0.3) is 11.5 Å². The Morgan fingerprint density at radius 3 is 2.84 bits per heavy atom. The van der Waals surface area contributed by atoms with Gasteiger partial charge in [0.1, 0.15) is 10.8 Å². The van der Waals surface area contributed by atoms with Crippen LogP contribution < -0.4 is 5.73 Å². The Balaban J connectivity index is 1.57. The number of nitrogens with two attached hydrogens (primary N) is 1. The maximum absolute atomic E-state index is 6.42. The number of hydrogen-bond acceptors (Lipinski definition) is 8. The van der Waals surface area contributed by atoms with E-state index < -0.39 is 5.54 Å². The average Bonchev–Trinajstić information content (AvgIpc) is 3.35. The summed E-state index contributed by atoms with van der Waals surface area (Å²) in [5.41, 5.74) is 7.64. The molecule has 0 aliphatic heterocycles. The lowest BCUT2D eigenvalue weighted by Crippen LogP contribution is -2.34. The molecule has 130 valence electrons. The Morgan fingerprint density at radius 2 is 2.08 bits per heavy atom. The molecule has 0 aromatic carbocycles. The van der Waals surface area contributed by atoms with Crippen molar-refractivity contribution < 1.29 is 9.05 Å². The van der Waals surface area contributed by atoms with E-state index in [1.54, 1.807) is 18.0 Å². The van der Waals surface area contributed by atoms with Crippen molar-refractivity contribution in [3.63, 3.8) is 0 Å². The summed E-state index contributed by atoms with van der Waals surface area (Å²) in [6, 6.07) is 5.70. The standard InChI is InChI=1S/C17H19N5O2S/c1-11-9-12(21-23-11)10-25-15-13(5-4-8-19-15)14-20-16(22-24-14)17(18)6-2-3-7-17/h4-5,8-9H,2-3,6-7,10,18H2,1H3. The molecule has 3 aromatic heterocycles. The summed E-state index contributed by atoms with van der Waals surface area (Å²) in [6.45, 7) is 1.87. The molecule has 0 unspecified atom stereocenters. The SMILES string of the molecule is Cc1cc(CSc2ncccc2-c2nc(C3(N)CCCC3)no2)no1. The van der Waals surface area contributed by atoms with Crippen molar-refractivity contribution in [3.05, 3.63) is 41.7 Å². The van der Waals surface area contributed by atoms with Crippen molar-refractivity contribution in [2.75, 3.05) is 0 Å². The van der Waals surface area contributed by atoms with Gasteiger partial charge in [0.05, 0.1) is 16.8 Å². The van der Waals surface area contributed by atoms with E-state index in [1.165, 1.54) is 0 Å². The van der Waals surface area contributed by atoms with Crippen LogP contribution in [-0.2, 0) is 11.3 Å². The molecule has 1 aliphatic rings. The molecule has 0 bridgehead atoms. The zero-order chi connectivity index (χ0) is 17.3. The normalized spacial score (nSPS) is 16.4. The molecule has 1 aliphatic carbocycles.